The number of allylic oxidation sites excluding steroid dienone is 2. The van der Waals surface area contributed by atoms with Crippen molar-refractivity contribution in [2.45, 2.75) is 38.5 Å². The molecule has 2 aromatic carbocycles. The molecule has 0 bridgehead atoms. The molecule has 4 rings (SSSR count). The van der Waals surface area contributed by atoms with Crippen molar-refractivity contribution in [3.05, 3.63) is 83.1 Å². The molecule has 0 atom stereocenters. The smallest absolute Gasteiger partial charge is 0.265 e. The van der Waals surface area contributed by atoms with E-state index in [1.165, 1.54) is 10.6 Å². The van der Waals surface area contributed by atoms with Gasteiger partial charge in [0, 0.05) is 22.6 Å². The van der Waals surface area contributed by atoms with Gasteiger partial charge in [0.1, 0.15) is 5.70 Å². The Hall–Kier alpha value is -2.92. The quantitative estimate of drug-likeness (QED) is 0.388. The highest BCUT2D eigenvalue weighted by Crippen LogP contribution is 2.33. The van der Waals surface area contributed by atoms with Crippen LogP contribution in [0.2, 0.25) is 0 Å². The number of hydrazone groups is 1. The molecule has 1 amide bonds. The lowest BCUT2D eigenvalue weighted by atomic mass is 9.79. The van der Waals surface area contributed by atoms with Crippen molar-refractivity contribution in [2.75, 3.05) is 0 Å². The average molecular weight is 416 g/mol. The fourth-order valence-electron chi connectivity index (χ4n) is 4.02. The number of carbonyl (C=O) groups is 1. The summed E-state index contributed by atoms with van der Waals surface area (Å²) in [7, 11) is 0. The van der Waals surface area contributed by atoms with Crippen molar-refractivity contribution < 1.29 is 4.79 Å². The van der Waals surface area contributed by atoms with Crippen molar-refractivity contribution in [1.29, 1.82) is 0 Å². The molecule has 5 heteroatoms. The van der Waals surface area contributed by atoms with Gasteiger partial charge in [-0.25, -0.2) is 4.99 Å². The van der Waals surface area contributed by atoms with Gasteiger partial charge in [0.2, 0.25) is 0 Å². The van der Waals surface area contributed by atoms with Crippen LogP contribution in [0.5, 0.6) is 0 Å². The molecule has 2 aromatic rings. The van der Waals surface area contributed by atoms with Crippen LogP contribution in [-0.2, 0) is 4.79 Å². The monoisotopic (exact) mass is 415 g/mol. The maximum absolute atomic E-state index is 13.3. The Labute approximate surface area is 183 Å². The highest BCUT2D eigenvalue weighted by atomic mass is 32.1. The van der Waals surface area contributed by atoms with Gasteiger partial charge in [-0.05, 0) is 36.5 Å². The van der Waals surface area contributed by atoms with Crippen molar-refractivity contribution in [2.24, 2.45) is 15.5 Å². The van der Waals surface area contributed by atoms with Gasteiger partial charge in [0.05, 0.1) is 0 Å². The molecule has 0 unspecified atom stereocenters. The van der Waals surface area contributed by atoms with Crippen LogP contribution in [0.1, 0.15) is 44.7 Å². The summed E-state index contributed by atoms with van der Waals surface area (Å²) in [5.41, 5.74) is 4.37. The molecular formula is C25H25N3OS. The Morgan fingerprint density at radius 2 is 1.80 bits per heavy atom. The summed E-state index contributed by atoms with van der Waals surface area (Å²) in [6, 6.07) is 17.4. The second-order valence-electron chi connectivity index (χ2n) is 8.51. The lowest BCUT2D eigenvalue weighted by Crippen LogP contribution is -2.31. The van der Waals surface area contributed by atoms with Gasteiger partial charge in [0.15, 0.2) is 5.84 Å². The van der Waals surface area contributed by atoms with E-state index in [4.69, 9.17) is 5.10 Å². The Kier molecular flexibility index (Phi) is 5.48. The molecule has 0 N–H and O–H groups in total. The first kappa shape index (κ1) is 20.4. The molecule has 0 fully saturated rings. The third-order valence-electron chi connectivity index (χ3n) is 5.12. The number of aliphatic imine (C=N–C) groups is 1. The molecule has 0 radical (unpaired) electrons. The first-order valence-electron chi connectivity index (χ1n) is 10.1. The topological polar surface area (TPSA) is 45.0 Å². The highest BCUT2D eigenvalue weighted by molar-refractivity contribution is 7.80. The van der Waals surface area contributed by atoms with E-state index < -0.39 is 0 Å². The molecular weight excluding hydrogens is 390 g/mol. The number of nitrogens with zero attached hydrogens (tertiary/aromatic N) is 3. The van der Waals surface area contributed by atoms with E-state index in [0.29, 0.717) is 11.5 Å². The average Bonchev–Trinajstić information content (AvgIpc) is 2.98. The fraction of sp³-hybridized carbons (Fsp3) is 0.240. The van der Waals surface area contributed by atoms with Gasteiger partial charge < -0.3 is 0 Å². The minimum atomic E-state index is -0.219. The predicted molar refractivity (Wildman–Crippen MR) is 126 cm³/mol. The van der Waals surface area contributed by atoms with Crippen molar-refractivity contribution in [3.63, 3.8) is 0 Å². The lowest BCUT2D eigenvalue weighted by molar-refractivity contribution is -0.122. The number of amides is 1. The minimum absolute atomic E-state index is 0.0254. The number of amidine groups is 1. The van der Waals surface area contributed by atoms with Gasteiger partial charge in [0.25, 0.3) is 5.91 Å². The molecule has 1 aliphatic heterocycles. The highest BCUT2D eigenvalue weighted by Gasteiger charge is 2.33. The minimum Gasteiger partial charge on any atom is -0.265 e. The molecule has 0 saturated carbocycles. The zero-order valence-electron chi connectivity index (χ0n) is 17.5. The van der Waals surface area contributed by atoms with E-state index in [1.54, 1.807) is 6.08 Å². The number of rotatable bonds is 3. The maximum atomic E-state index is 13.3. The van der Waals surface area contributed by atoms with E-state index in [9.17, 15) is 4.79 Å². The summed E-state index contributed by atoms with van der Waals surface area (Å²) in [5.74, 6) is 0.337. The Morgan fingerprint density at radius 3 is 2.50 bits per heavy atom. The lowest BCUT2D eigenvalue weighted by Gasteiger charge is -2.28. The molecule has 152 valence electrons. The normalized spacial score (nSPS) is 21.2. The summed E-state index contributed by atoms with van der Waals surface area (Å²) < 4.78 is 0. The zero-order valence-corrected chi connectivity index (χ0v) is 18.4. The van der Waals surface area contributed by atoms with Crippen LogP contribution in [0.4, 0.5) is 0 Å². The summed E-state index contributed by atoms with van der Waals surface area (Å²) >= 11 is 4.50. The van der Waals surface area contributed by atoms with E-state index >= 15 is 0 Å². The zero-order chi connectivity index (χ0) is 21.3. The van der Waals surface area contributed by atoms with E-state index in [1.807, 2.05) is 54.6 Å². The Bertz CT molecular complexity index is 1110. The second kappa shape index (κ2) is 8.07. The first-order valence-corrected chi connectivity index (χ1v) is 10.5. The molecule has 1 heterocycles. The summed E-state index contributed by atoms with van der Waals surface area (Å²) in [6.45, 7) is 6.50. The SMILES string of the molecule is CC1=CC(C)(C)C/C(=N\N2C(=O)/C(=C/c3ccccc3S)N=C2c2ccccc2)C1. The number of benzene rings is 2. The van der Waals surface area contributed by atoms with Crippen LogP contribution in [0.3, 0.4) is 0 Å². The largest absolute Gasteiger partial charge is 0.298 e. The second-order valence-corrected chi connectivity index (χ2v) is 8.99. The van der Waals surface area contributed by atoms with Gasteiger partial charge in [-0.2, -0.15) is 10.1 Å². The van der Waals surface area contributed by atoms with Gasteiger partial charge >= 0.3 is 0 Å². The third-order valence-corrected chi connectivity index (χ3v) is 5.53. The standard InChI is InChI=1S/C25H25N3OS/c1-17-13-20(16-25(2,3)15-17)27-28-23(18-9-5-4-6-10-18)26-21(24(28)29)14-19-11-7-8-12-22(19)30/h4-12,14-15,30H,13,16H2,1-3H3/b21-14-,27-20-. The van der Waals surface area contributed by atoms with Crippen LogP contribution >= 0.6 is 12.6 Å². The van der Waals surface area contributed by atoms with E-state index in [0.717, 1.165) is 34.6 Å². The number of hydrogen-bond acceptors (Lipinski definition) is 4. The molecule has 30 heavy (non-hydrogen) atoms. The van der Waals surface area contributed by atoms with Crippen LogP contribution < -0.4 is 0 Å². The summed E-state index contributed by atoms with van der Waals surface area (Å²) in [5, 5.41) is 6.27. The van der Waals surface area contributed by atoms with E-state index in [-0.39, 0.29) is 11.3 Å². The van der Waals surface area contributed by atoms with Gasteiger partial charge in [-0.3, -0.25) is 4.79 Å². The fourth-order valence-corrected chi connectivity index (χ4v) is 4.25. The van der Waals surface area contributed by atoms with Crippen LogP contribution in [0, 0.1) is 5.41 Å². The molecule has 0 aromatic heterocycles. The molecule has 4 nitrogen and oxygen atoms in total. The van der Waals surface area contributed by atoms with Crippen molar-refractivity contribution in [1.82, 2.24) is 5.01 Å². The number of hydrogen-bond donors (Lipinski definition) is 1. The van der Waals surface area contributed by atoms with E-state index in [2.05, 4.69) is 44.5 Å². The molecule has 0 saturated heterocycles. The summed E-state index contributed by atoms with van der Waals surface area (Å²) in [4.78, 5) is 18.8. The molecule has 1 aliphatic carbocycles. The van der Waals surface area contributed by atoms with Gasteiger partial charge in [-0.1, -0.05) is 74.0 Å². The van der Waals surface area contributed by atoms with Crippen LogP contribution in [0.15, 0.2) is 86.9 Å². The maximum Gasteiger partial charge on any atom is 0.298 e. The number of thiol groups is 1. The van der Waals surface area contributed by atoms with Crippen LogP contribution in [0.25, 0.3) is 6.08 Å². The third kappa shape index (κ3) is 4.31. The Balaban J connectivity index is 1.77. The predicted octanol–water partition coefficient (Wildman–Crippen LogP) is 5.73. The van der Waals surface area contributed by atoms with Crippen LogP contribution in [-0.4, -0.2) is 22.5 Å². The summed E-state index contributed by atoms with van der Waals surface area (Å²) in [6.07, 6.45) is 5.66. The van der Waals surface area contributed by atoms with Crippen molar-refractivity contribution in [3.8, 4) is 0 Å². The molecule has 2 aliphatic rings. The van der Waals surface area contributed by atoms with Crippen molar-refractivity contribution >= 4 is 36.2 Å². The number of carbonyl (C=O) groups excluding carboxylic acids is 1. The first-order chi connectivity index (χ1) is 14.3. The van der Waals surface area contributed by atoms with Gasteiger partial charge in [-0.15, -0.1) is 12.6 Å². The Morgan fingerprint density at radius 1 is 1.10 bits per heavy atom. The molecule has 0 spiro atoms.